The Labute approximate surface area is 227 Å². The molecular weight excluding hydrogens is 498 g/mol. The molecule has 0 aromatic heterocycles. The number of nitrogens with zero attached hydrogens (tertiary/aromatic N) is 1. The summed E-state index contributed by atoms with van der Waals surface area (Å²) in [7, 11) is 0. The highest BCUT2D eigenvalue weighted by Crippen LogP contribution is 2.55. The summed E-state index contributed by atoms with van der Waals surface area (Å²) in [5.41, 5.74) is 3.35. The molecule has 0 fully saturated rings. The molecule has 39 heavy (non-hydrogen) atoms. The number of hydrogen-bond acceptors (Lipinski definition) is 7. The van der Waals surface area contributed by atoms with Crippen molar-refractivity contribution in [3.05, 3.63) is 86.7 Å². The number of nitro benzene ring substituents is 1. The van der Waals surface area contributed by atoms with Gasteiger partial charge in [-0.05, 0) is 63.3 Å². The van der Waals surface area contributed by atoms with Gasteiger partial charge in [0, 0.05) is 35.1 Å². The molecule has 0 N–H and O–H groups in total. The number of ketones is 1. The molecule has 2 aliphatic heterocycles. The lowest BCUT2D eigenvalue weighted by Crippen LogP contribution is -2.44. The number of aryl methyl sites for hydroxylation is 1. The first-order valence-corrected chi connectivity index (χ1v) is 13.5. The Bertz CT molecular complexity index is 1390. The molecule has 204 valence electrons. The lowest BCUT2D eigenvalue weighted by molar-refractivity contribution is -0.384. The molecule has 2 aromatic rings. The van der Waals surface area contributed by atoms with E-state index in [1.807, 2.05) is 6.07 Å². The number of nitro groups is 1. The second-order valence-electron chi connectivity index (χ2n) is 10.8. The van der Waals surface area contributed by atoms with Gasteiger partial charge >= 0.3 is 5.97 Å². The Hall–Kier alpha value is -3.94. The van der Waals surface area contributed by atoms with Crippen LogP contribution in [0.5, 0.6) is 11.5 Å². The Morgan fingerprint density at radius 1 is 1.21 bits per heavy atom. The fraction of sp³-hybridized carbons (Fsp3) is 0.419. The number of esters is 1. The maximum absolute atomic E-state index is 13.9. The van der Waals surface area contributed by atoms with Gasteiger partial charge in [-0.2, -0.15) is 0 Å². The van der Waals surface area contributed by atoms with Crippen molar-refractivity contribution in [3.63, 3.8) is 0 Å². The molecule has 0 saturated carbocycles. The third-order valence-electron chi connectivity index (χ3n) is 7.88. The smallest absolute Gasteiger partial charge is 0.345 e. The summed E-state index contributed by atoms with van der Waals surface area (Å²) in [6, 6.07) is 7.50. The van der Waals surface area contributed by atoms with E-state index in [1.54, 1.807) is 0 Å². The van der Waals surface area contributed by atoms with E-state index in [9.17, 15) is 19.7 Å². The van der Waals surface area contributed by atoms with Crippen LogP contribution in [0.4, 0.5) is 5.69 Å². The number of allylic oxidation sites excluding steroid dienone is 3. The number of rotatable bonds is 8. The number of hydrogen-bond donors (Lipinski definition) is 0. The van der Waals surface area contributed by atoms with Gasteiger partial charge in [-0.1, -0.05) is 38.0 Å². The normalized spacial score (nSPS) is 23.3. The monoisotopic (exact) mass is 531 g/mol. The van der Waals surface area contributed by atoms with Crippen LogP contribution in [0.1, 0.15) is 92.3 Å². The molecule has 0 bridgehead atoms. The molecule has 8 heteroatoms. The number of benzene rings is 2. The van der Waals surface area contributed by atoms with E-state index in [-0.39, 0.29) is 29.7 Å². The predicted octanol–water partition coefficient (Wildman–Crippen LogP) is 7.05. The topological polar surface area (TPSA) is 105 Å². The molecule has 0 spiro atoms. The van der Waals surface area contributed by atoms with Crippen LogP contribution < -0.4 is 9.47 Å². The minimum absolute atomic E-state index is 0.0272. The van der Waals surface area contributed by atoms with E-state index in [4.69, 9.17) is 14.2 Å². The minimum Gasteiger partial charge on any atom is -0.462 e. The van der Waals surface area contributed by atoms with Crippen molar-refractivity contribution < 1.29 is 28.7 Å². The van der Waals surface area contributed by atoms with Crippen LogP contribution >= 0.6 is 0 Å². The van der Waals surface area contributed by atoms with Gasteiger partial charge in [-0.25, -0.2) is 4.79 Å². The molecule has 0 amide bonds. The molecule has 0 radical (unpaired) electrons. The van der Waals surface area contributed by atoms with Crippen LogP contribution in [0.2, 0.25) is 0 Å². The summed E-state index contributed by atoms with van der Waals surface area (Å²) in [5.74, 6) is -1.02. The lowest BCUT2D eigenvalue weighted by atomic mass is 9.73. The fourth-order valence-corrected chi connectivity index (χ4v) is 5.97. The molecule has 3 unspecified atom stereocenters. The first-order chi connectivity index (χ1) is 18.6. The van der Waals surface area contributed by atoms with E-state index in [1.165, 1.54) is 36.8 Å². The van der Waals surface area contributed by atoms with Gasteiger partial charge < -0.3 is 14.2 Å². The van der Waals surface area contributed by atoms with Crippen LogP contribution in [0.3, 0.4) is 0 Å². The summed E-state index contributed by atoms with van der Waals surface area (Å²) >= 11 is 0. The summed E-state index contributed by atoms with van der Waals surface area (Å²) in [4.78, 5) is 37.1. The summed E-state index contributed by atoms with van der Waals surface area (Å²) < 4.78 is 19.0. The molecule has 2 aromatic carbocycles. The predicted molar refractivity (Wildman–Crippen MR) is 145 cm³/mol. The van der Waals surface area contributed by atoms with Crippen molar-refractivity contribution in [2.45, 2.75) is 77.4 Å². The average Bonchev–Trinajstić information content (AvgIpc) is 2.88. The second-order valence-corrected chi connectivity index (χ2v) is 10.8. The third kappa shape index (κ3) is 4.84. The fourth-order valence-electron chi connectivity index (χ4n) is 5.97. The SMILES string of the molecule is C=C1Oc2cc(CCCCC)c3c(c2C2C=C(C)CCC12)OC(CC(C)=O)(c1ccc([N+](=O)[O-])cc1)OC3=O. The number of cyclic esters (lactones) is 1. The molecule has 2 heterocycles. The maximum atomic E-state index is 13.9. The Morgan fingerprint density at radius 3 is 2.62 bits per heavy atom. The van der Waals surface area contributed by atoms with Crippen LogP contribution in [0.15, 0.2) is 54.3 Å². The van der Waals surface area contributed by atoms with Crippen molar-refractivity contribution in [2.24, 2.45) is 5.92 Å². The van der Waals surface area contributed by atoms with Crippen LogP contribution in [0.25, 0.3) is 0 Å². The standard InChI is InChI=1S/C31H33NO7/c1-5-6-7-8-21-16-26-28(25-15-18(2)9-14-24(25)20(4)37-26)29-27(21)30(34)39-31(38-29,17-19(3)33)22-10-12-23(13-11-22)32(35)36/h10-13,15-16,24-25H,4-9,14,17H2,1-3H3. The zero-order valence-electron chi connectivity index (χ0n) is 22.6. The Kier molecular flexibility index (Phi) is 7.05. The number of non-ortho nitro benzene ring substituents is 1. The van der Waals surface area contributed by atoms with Gasteiger partial charge in [-0.3, -0.25) is 14.9 Å². The summed E-state index contributed by atoms with van der Waals surface area (Å²) in [6.45, 7) is 9.81. The number of ether oxygens (including phenoxy) is 3. The van der Waals surface area contributed by atoms with Crippen molar-refractivity contribution in [1.29, 1.82) is 0 Å². The molecular formula is C31H33NO7. The number of unbranched alkanes of at least 4 members (excludes halogenated alkanes) is 2. The van der Waals surface area contributed by atoms with Crippen molar-refractivity contribution in [2.75, 3.05) is 0 Å². The largest absolute Gasteiger partial charge is 0.462 e. The lowest BCUT2D eigenvalue weighted by Gasteiger charge is -2.43. The van der Waals surface area contributed by atoms with Crippen LogP contribution in [-0.4, -0.2) is 16.7 Å². The highest BCUT2D eigenvalue weighted by molar-refractivity contribution is 5.97. The second kappa shape index (κ2) is 10.3. The van der Waals surface area contributed by atoms with Crippen LogP contribution in [0, 0.1) is 16.0 Å². The third-order valence-corrected chi connectivity index (χ3v) is 7.88. The zero-order chi connectivity index (χ0) is 27.9. The van der Waals surface area contributed by atoms with Gasteiger partial charge in [0.15, 0.2) is 0 Å². The molecule has 5 rings (SSSR count). The number of Topliss-reactive ketones (excluding diaryl/α,β-unsaturated/α-hetero) is 1. The number of fused-ring (bicyclic) bond motifs is 5. The molecule has 1 aliphatic carbocycles. The zero-order valence-corrected chi connectivity index (χ0v) is 22.6. The molecule has 3 aliphatic rings. The Morgan fingerprint density at radius 2 is 1.95 bits per heavy atom. The van der Waals surface area contributed by atoms with E-state index in [0.717, 1.165) is 43.2 Å². The first-order valence-electron chi connectivity index (χ1n) is 13.5. The first kappa shape index (κ1) is 26.7. The van der Waals surface area contributed by atoms with Gasteiger partial charge in [-0.15, -0.1) is 0 Å². The number of carbonyl (C=O) groups excluding carboxylic acids is 2. The molecule has 8 nitrogen and oxygen atoms in total. The van der Waals surface area contributed by atoms with E-state index in [2.05, 4.69) is 26.5 Å². The van der Waals surface area contributed by atoms with Gasteiger partial charge in [0.25, 0.3) is 11.5 Å². The van der Waals surface area contributed by atoms with Crippen molar-refractivity contribution in [3.8, 4) is 11.5 Å². The van der Waals surface area contributed by atoms with Crippen molar-refractivity contribution in [1.82, 2.24) is 0 Å². The van der Waals surface area contributed by atoms with Crippen LogP contribution in [-0.2, 0) is 21.7 Å². The maximum Gasteiger partial charge on any atom is 0.345 e. The van der Waals surface area contributed by atoms with Gasteiger partial charge in [0.1, 0.15) is 28.6 Å². The van der Waals surface area contributed by atoms with E-state index in [0.29, 0.717) is 34.8 Å². The molecule has 3 atom stereocenters. The Balaban J connectivity index is 1.72. The highest BCUT2D eigenvalue weighted by atomic mass is 16.7. The quantitative estimate of drug-likeness (QED) is 0.118. The number of carbonyl (C=O) groups is 2. The minimum atomic E-state index is -1.77. The summed E-state index contributed by atoms with van der Waals surface area (Å²) in [6.07, 6.45) is 7.27. The van der Waals surface area contributed by atoms with E-state index >= 15 is 0 Å². The summed E-state index contributed by atoms with van der Waals surface area (Å²) in [5, 5.41) is 11.3. The highest BCUT2D eigenvalue weighted by Gasteiger charge is 2.49. The van der Waals surface area contributed by atoms with E-state index < -0.39 is 16.7 Å². The van der Waals surface area contributed by atoms with Gasteiger partial charge in [0.05, 0.1) is 11.3 Å². The molecule has 0 saturated heterocycles. The van der Waals surface area contributed by atoms with Crippen molar-refractivity contribution >= 4 is 17.4 Å². The van der Waals surface area contributed by atoms with Gasteiger partial charge in [0.2, 0.25) is 0 Å². The average molecular weight is 532 g/mol.